The van der Waals surface area contributed by atoms with Crippen molar-refractivity contribution < 1.29 is 14.0 Å². The van der Waals surface area contributed by atoms with Crippen LogP contribution in [0.2, 0.25) is 0 Å². The van der Waals surface area contributed by atoms with Crippen molar-refractivity contribution in [3.05, 3.63) is 47.7 Å². The van der Waals surface area contributed by atoms with Gasteiger partial charge in [0, 0.05) is 31.3 Å². The van der Waals surface area contributed by atoms with Gasteiger partial charge in [-0.1, -0.05) is 12.1 Å². The SMILES string of the molecule is CNC(=O)c1ccc(-c2ccc(C(=O)NCCN3CCCC3)cc2)o1. The minimum Gasteiger partial charge on any atom is -0.451 e. The fourth-order valence-electron chi connectivity index (χ4n) is 2.96. The molecule has 25 heavy (non-hydrogen) atoms. The van der Waals surface area contributed by atoms with Crippen molar-refractivity contribution in [3.8, 4) is 11.3 Å². The van der Waals surface area contributed by atoms with Crippen molar-refractivity contribution >= 4 is 11.8 Å². The Kier molecular flexibility index (Phi) is 5.50. The molecule has 0 aliphatic carbocycles. The molecule has 0 bridgehead atoms. The van der Waals surface area contributed by atoms with Crippen molar-refractivity contribution in [3.63, 3.8) is 0 Å². The van der Waals surface area contributed by atoms with Gasteiger partial charge >= 0.3 is 0 Å². The van der Waals surface area contributed by atoms with Gasteiger partial charge in [0.2, 0.25) is 0 Å². The quantitative estimate of drug-likeness (QED) is 0.844. The van der Waals surface area contributed by atoms with Crippen LogP contribution in [0, 0.1) is 0 Å². The summed E-state index contributed by atoms with van der Waals surface area (Å²) in [6, 6.07) is 10.6. The monoisotopic (exact) mass is 341 g/mol. The Morgan fingerprint density at radius 2 is 1.76 bits per heavy atom. The van der Waals surface area contributed by atoms with Crippen molar-refractivity contribution in [2.45, 2.75) is 12.8 Å². The summed E-state index contributed by atoms with van der Waals surface area (Å²) in [7, 11) is 1.56. The maximum absolute atomic E-state index is 12.2. The first-order chi connectivity index (χ1) is 12.2. The standard InChI is InChI=1S/C19H23N3O3/c1-20-19(24)17-9-8-16(25-17)14-4-6-15(7-5-14)18(23)21-10-13-22-11-2-3-12-22/h4-9H,2-3,10-13H2,1H3,(H,20,24)(H,21,23). The molecule has 1 saturated heterocycles. The first kappa shape index (κ1) is 17.2. The lowest BCUT2D eigenvalue weighted by atomic mass is 10.1. The average Bonchev–Trinajstić information content (AvgIpc) is 3.33. The van der Waals surface area contributed by atoms with Crippen LogP contribution in [-0.2, 0) is 0 Å². The highest BCUT2D eigenvalue weighted by atomic mass is 16.3. The molecule has 2 aromatic rings. The van der Waals surface area contributed by atoms with Crippen LogP contribution < -0.4 is 10.6 Å². The van der Waals surface area contributed by atoms with E-state index in [1.165, 1.54) is 12.8 Å². The highest BCUT2D eigenvalue weighted by Gasteiger charge is 2.13. The summed E-state index contributed by atoms with van der Waals surface area (Å²) >= 11 is 0. The molecule has 1 aromatic heterocycles. The van der Waals surface area contributed by atoms with Crippen molar-refractivity contribution in [1.82, 2.24) is 15.5 Å². The number of rotatable bonds is 6. The summed E-state index contributed by atoms with van der Waals surface area (Å²) in [5.74, 6) is 0.525. The number of carbonyl (C=O) groups is 2. The zero-order chi connectivity index (χ0) is 17.6. The van der Waals surface area contributed by atoms with E-state index in [0.717, 1.165) is 25.2 Å². The molecule has 6 heteroatoms. The Labute approximate surface area is 147 Å². The molecule has 1 aromatic carbocycles. The molecule has 0 unspecified atom stereocenters. The number of hydrogen-bond acceptors (Lipinski definition) is 4. The lowest BCUT2D eigenvalue weighted by Gasteiger charge is -2.14. The highest BCUT2D eigenvalue weighted by Crippen LogP contribution is 2.22. The van der Waals surface area contributed by atoms with Crippen LogP contribution in [0.3, 0.4) is 0 Å². The van der Waals surface area contributed by atoms with Gasteiger partial charge in [-0.2, -0.15) is 0 Å². The molecule has 6 nitrogen and oxygen atoms in total. The van der Waals surface area contributed by atoms with E-state index in [2.05, 4.69) is 15.5 Å². The van der Waals surface area contributed by atoms with E-state index in [1.807, 2.05) is 12.1 Å². The minimum atomic E-state index is -0.264. The number of furan rings is 1. The number of likely N-dealkylation sites (tertiary alicyclic amines) is 1. The molecule has 2 amide bonds. The number of benzene rings is 1. The van der Waals surface area contributed by atoms with Crippen LogP contribution in [0.25, 0.3) is 11.3 Å². The third kappa shape index (κ3) is 4.28. The maximum atomic E-state index is 12.2. The molecule has 0 saturated carbocycles. The van der Waals surface area contributed by atoms with Gasteiger partial charge in [-0.05, 0) is 50.2 Å². The Bertz CT molecular complexity index is 731. The lowest BCUT2D eigenvalue weighted by molar-refractivity contribution is 0.0933. The molecule has 132 valence electrons. The van der Waals surface area contributed by atoms with Crippen LogP contribution in [0.1, 0.15) is 33.8 Å². The minimum absolute atomic E-state index is 0.0729. The van der Waals surface area contributed by atoms with Crippen molar-refractivity contribution in [2.75, 3.05) is 33.2 Å². The molecule has 3 rings (SSSR count). The molecule has 0 atom stereocenters. The number of nitrogens with one attached hydrogen (secondary N) is 2. The topological polar surface area (TPSA) is 74.6 Å². The fraction of sp³-hybridized carbons (Fsp3) is 0.368. The highest BCUT2D eigenvalue weighted by molar-refractivity contribution is 5.94. The molecule has 0 radical (unpaired) electrons. The number of amides is 2. The molecular formula is C19H23N3O3. The first-order valence-electron chi connectivity index (χ1n) is 8.60. The molecule has 1 fully saturated rings. The van der Waals surface area contributed by atoms with Gasteiger partial charge in [-0.3, -0.25) is 9.59 Å². The van der Waals surface area contributed by atoms with Gasteiger partial charge in [0.05, 0.1) is 0 Å². The molecule has 2 heterocycles. The molecule has 1 aliphatic heterocycles. The van der Waals surface area contributed by atoms with E-state index in [-0.39, 0.29) is 17.6 Å². The van der Waals surface area contributed by atoms with E-state index in [9.17, 15) is 9.59 Å². The van der Waals surface area contributed by atoms with E-state index in [1.54, 1.807) is 31.3 Å². The Morgan fingerprint density at radius 3 is 2.44 bits per heavy atom. The first-order valence-corrected chi connectivity index (χ1v) is 8.60. The average molecular weight is 341 g/mol. The fourth-order valence-corrected chi connectivity index (χ4v) is 2.96. The normalized spacial score (nSPS) is 14.4. The predicted octanol–water partition coefficient (Wildman–Crippen LogP) is 2.13. The summed E-state index contributed by atoms with van der Waals surface area (Å²) in [6.07, 6.45) is 2.51. The Balaban J connectivity index is 1.56. The van der Waals surface area contributed by atoms with E-state index in [0.29, 0.717) is 17.9 Å². The summed E-state index contributed by atoms with van der Waals surface area (Å²) in [5, 5.41) is 5.48. The van der Waals surface area contributed by atoms with Gasteiger partial charge in [-0.15, -0.1) is 0 Å². The number of nitrogens with zero attached hydrogens (tertiary/aromatic N) is 1. The molecular weight excluding hydrogens is 318 g/mol. The molecule has 0 spiro atoms. The Morgan fingerprint density at radius 1 is 1.04 bits per heavy atom. The third-order valence-corrected chi connectivity index (χ3v) is 4.40. The largest absolute Gasteiger partial charge is 0.451 e. The van der Waals surface area contributed by atoms with Gasteiger partial charge in [0.15, 0.2) is 5.76 Å². The van der Waals surface area contributed by atoms with E-state index >= 15 is 0 Å². The summed E-state index contributed by atoms with van der Waals surface area (Å²) in [4.78, 5) is 26.1. The van der Waals surface area contributed by atoms with Crippen LogP contribution in [0.5, 0.6) is 0 Å². The lowest BCUT2D eigenvalue weighted by Crippen LogP contribution is -2.33. The van der Waals surface area contributed by atoms with Gasteiger partial charge in [0.1, 0.15) is 5.76 Å². The van der Waals surface area contributed by atoms with E-state index < -0.39 is 0 Å². The van der Waals surface area contributed by atoms with Crippen LogP contribution in [-0.4, -0.2) is 49.9 Å². The van der Waals surface area contributed by atoms with Gasteiger partial charge in [0.25, 0.3) is 11.8 Å². The Hall–Kier alpha value is -2.60. The van der Waals surface area contributed by atoms with Crippen molar-refractivity contribution in [2.24, 2.45) is 0 Å². The van der Waals surface area contributed by atoms with E-state index in [4.69, 9.17) is 4.42 Å². The van der Waals surface area contributed by atoms with Crippen molar-refractivity contribution in [1.29, 1.82) is 0 Å². The van der Waals surface area contributed by atoms with Gasteiger partial charge in [-0.25, -0.2) is 0 Å². The summed E-state index contributed by atoms with van der Waals surface area (Å²) < 4.78 is 5.53. The zero-order valence-electron chi connectivity index (χ0n) is 14.4. The summed E-state index contributed by atoms with van der Waals surface area (Å²) in [6.45, 7) is 3.82. The summed E-state index contributed by atoms with van der Waals surface area (Å²) in [5.41, 5.74) is 1.44. The van der Waals surface area contributed by atoms with Gasteiger partial charge < -0.3 is 20.0 Å². The second kappa shape index (κ2) is 7.98. The maximum Gasteiger partial charge on any atom is 0.286 e. The van der Waals surface area contributed by atoms with Crippen LogP contribution in [0.15, 0.2) is 40.8 Å². The van der Waals surface area contributed by atoms with Crippen LogP contribution >= 0.6 is 0 Å². The predicted molar refractivity (Wildman–Crippen MR) is 95.5 cm³/mol. The zero-order valence-corrected chi connectivity index (χ0v) is 14.4. The second-order valence-electron chi connectivity index (χ2n) is 6.13. The molecule has 1 aliphatic rings. The number of carbonyl (C=O) groups excluding carboxylic acids is 2. The van der Waals surface area contributed by atoms with Crippen LogP contribution in [0.4, 0.5) is 0 Å². The molecule has 2 N–H and O–H groups in total. The third-order valence-electron chi connectivity index (χ3n) is 4.40. The number of hydrogen-bond donors (Lipinski definition) is 2. The smallest absolute Gasteiger partial charge is 0.286 e. The second-order valence-corrected chi connectivity index (χ2v) is 6.13.